The minimum absolute atomic E-state index is 0.266. The molecule has 2 aromatic carbocycles. The fourth-order valence-corrected chi connectivity index (χ4v) is 3.10. The Hall–Kier alpha value is -2.49. The first-order valence-electron chi connectivity index (χ1n) is 8.97. The number of hydrogen-bond donors (Lipinski definition) is 2. The average molecular weight is 337 g/mol. The van der Waals surface area contributed by atoms with E-state index in [0.717, 1.165) is 30.4 Å². The molecule has 2 aromatic rings. The number of guanidine groups is 1. The minimum Gasteiger partial charge on any atom is -0.496 e. The van der Waals surface area contributed by atoms with Gasteiger partial charge in [-0.05, 0) is 31.4 Å². The normalized spacial score (nSPS) is 15.5. The standard InChI is InChI=1S/C21H27N3O/c1-3-22-20(23-15-17-9-7-8-12-19(17)25-2)24-16-21(13-14-21)18-10-5-4-6-11-18/h4-12H,3,13-16H2,1-2H3,(H2,22,23,24). The number of benzene rings is 2. The van der Waals surface area contributed by atoms with Crippen LogP contribution >= 0.6 is 0 Å². The topological polar surface area (TPSA) is 45.7 Å². The van der Waals surface area contributed by atoms with Gasteiger partial charge in [-0.3, -0.25) is 0 Å². The third kappa shape index (κ3) is 4.32. The van der Waals surface area contributed by atoms with Gasteiger partial charge < -0.3 is 15.4 Å². The fourth-order valence-electron chi connectivity index (χ4n) is 3.10. The molecule has 1 aliphatic carbocycles. The lowest BCUT2D eigenvalue weighted by molar-refractivity contribution is 0.410. The maximum absolute atomic E-state index is 5.41. The maximum atomic E-state index is 5.41. The maximum Gasteiger partial charge on any atom is 0.191 e. The second kappa shape index (κ2) is 8.06. The van der Waals surface area contributed by atoms with Gasteiger partial charge >= 0.3 is 0 Å². The van der Waals surface area contributed by atoms with Gasteiger partial charge in [0.05, 0.1) is 13.7 Å². The zero-order valence-corrected chi connectivity index (χ0v) is 15.1. The van der Waals surface area contributed by atoms with Gasteiger partial charge in [0.15, 0.2) is 5.96 Å². The summed E-state index contributed by atoms with van der Waals surface area (Å²) in [6.45, 7) is 4.44. The summed E-state index contributed by atoms with van der Waals surface area (Å²) in [7, 11) is 1.70. The number of nitrogens with one attached hydrogen (secondary N) is 2. The van der Waals surface area contributed by atoms with Crippen molar-refractivity contribution in [3.05, 3.63) is 65.7 Å². The number of nitrogens with zero attached hydrogens (tertiary/aromatic N) is 1. The highest BCUT2D eigenvalue weighted by molar-refractivity contribution is 5.80. The number of ether oxygens (including phenoxy) is 1. The summed E-state index contributed by atoms with van der Waals surface area (Å²) in [4.78, 5) is 4.73. The van der Waals surface area contributed by atoms with Crippen LogP contribution in [-0.2, 0) is 12.0 Å². The van der Waals surface area contributed by atoms with Crippen LogP contribution in [-0.4, -0.2) is 26.2 Å². The molecule has 2 N–H and O–H groups in total. The van der Waals surface area contributed by atoms with Gasteiger partial charge in [-0.1, -0.05) is 48.5 Å². The van der Waals surface area contributed by atoms with Crippen LogP contribution in [0.1, 0.15) is 30.9 Å². The quantitative estimate of drug-likeness (QED) is 0.600. The molecule has 0 aromatic heterocycles. The molecule has 1 aliphatic rings. The van der Waals surface area contributed by atoms with Crippen molar-refractivity contribution < 1.29 is 4.74 Å². The molecule has 0 bridgehead atoms. The van der Waals surface area contributed by atoms with Crippen molar-refractivity contribution in [1.29, 1.82) is 0 Å². The second-order valence-corrected chi connectivity index (χ2v) is 6.51. The van der Waals surface area contributed by atoms with Crippen LogP contribution in [0.2, 0.25) is 0 Å². The molecule has 132 valence electrons. The lowest BCUT2D eigenvalue weighted by Gasteiger charge is -2.19. The molecule has 0 spiro atoms. The van der Waals surface area contributed by atoms with Crippen molar-refractivity contribution in [2.45, 2.75) is 31.7 Å². The Morgan fingerprint density at radius 2 is 1.76 bits per heavy atom. The molecule has 0 atom stereocenters. The molecule has 3 rings (SSSR count). The number of hydrogen-bond acceptors (Lipinski definition) is 2. The van der Waals surface area contributed by atoms with Crippen LogP contribution in [0, 0.1) is 0 Å². The highest BCUT2D eigenvalue weighted by Crippen LogP contribution is 2.47. The molecular weight excluding hydrogens is 310 g/mol. The van der Waals surface area contributed by atoms with Gasteiger partial charge in [0.25, 0.3) is 0 Å². The Labute approximate surface area is 150 Å². The lowest BCUT2D eigenvalue weighted by Crippen LogP contribution is -2.41. The van der Waals surface area contributed by atoms with Crippen LogP contribution in [0.4, 0.5) is 0 Å². The Morgan fingerprint density at radius 3 is 2.44 bits per heavy atom. The summed E-state index contributed by atoms with van der Waals surface area (Å²) in [5.74, 6) is 1.74. The van der Waals surface area contributed by atoms with E-state index in [1.807, 2.05) is 18.2 Å². The summed E-state index contributed by atoms with van der Waals surface area (Å²) >= 11 is 0. The van der Waals surface area contributed by atoms with Crippen LogP contribution in [0.5, 0.6) is 5.75 Å². The minimum atomic E-state index is 0.266. The zero-order valence-electron chi connectivity index (χ0n) is 15.1. The predicted molar refractivity (Wildman–Crippen MR) is 103 cm³/mol. The molecule has 0 amide bonds. The summed E-state index contributed by atoms with van der Waals surface area (Å²) in [5.41, 5.74) is 2.77. The summed E-state index contributed by atoms with van der Waals surface area (Å²) in [5, 5.41) is 6.87. The Balaban J connectivity index is 1.65. The molecule has 0 aliphatic heterocycles. The second-order valence-electron chi connectivity index (χ2n) is 6.51. The van der Waals surface area contributed by atoms with Crippen LogP contribution < -0.4 is 15.4 Å². The van der Waals surface area contributed by atoms with E-state index in [1.165, 1.54) is 18.4 Å². The van der Waals surface area contributed by atoms with Crippen molar-refractivity contribution in [3.8, 4) is 5.75 Å². The average Bonchev–Trinajstić information content (AvgIpc) is 3.46. The van der Waals surface area contributed by atoms with E-state index in [1.54, 1.807) is 7.11 Å². The van der Waals surface area contributed by atoms with Gasteiger partial charge in [-0.15, -0.1) is 0 Å². The number of para-hydroxylation sites is 1. The zero-order chi connectivity index (χ0) is 17.5. The van der Waals surface area contributed by atoms with E-state index < -0.39 is 0 Å². The molecule has 4 nitrogen and oxygen atoms in total. The van der Waals surface area contributed by atoms with Crippen molar-refractivity contribution in [3.63, 3.8) is 0 Å². The van der Waals surface area contributed by atoms with Gasteiger partial charge in [0.2, 0.25) is 0 Å². The van der Waals surface area contributed by atoms with Crippen LogP contribution in [0.15, 0.2) is 59.6 Å². The van der Waals surface area contributed by atoms with E-state index in [0.29, 0.717) is 6.54 Å². The van der Waals surface area contributed by atoms with E-state index in [4.69, 9.17) is 9.73 Å². The SMILES string of the molecule is CCNC(=NCc1ccccc1OC)NCC1(c2ccccc2)CC1. The number of rotatable bonds is 7. The predicted octanol–water partition coefficient (Wildman–Crippen LogP) is 3.48. The van der Waals surface area contributed by atoms with Crippen molar-refractivity contribution in [2.75, 3.05) is 20.2 Å². The van der Waals surface area contributed by atoms with Gasteiger partial charge in [0.1, 0.15) is 5.75 Å². The Morgan fingerprint density at radius 1 is 1.04 bits per heavy atom. The van der Waals surface area contributed by atoms with Gasteiger partial charge in [-0.2, -0.15) is 0 Å². The van der Waals surface area contributed by atoms with Crippen molar-refractivity contribution >= 4 is 5.96 Å². The first kappa shape index (κ1) is 17.3. The molecule has 0 heterocycles. The third-order valence-corrected chi connectivity index (χ3v) is 4.78. The summed E-state index contributed by atoms with van der Waals surface area (Å²) < 4.78 is 5.41. The monoisotopic (exact) mass is 337 g/mol. The smallest absolute Gasteiger partial charge is 0.191 e. The van der Waals surface area contributed by atoms with Gasteiger partial charge in [0, 0.05) is 24.1 Å². The lowest BCUT2D eigenvalue weighted by atomic mass is 9.96. The highest BCUT2D eigenvalue weighted by atomic mass is 16.5. The number of methoxy groups -OCH3 is 1. The molecule has 0 unspecified atom stereocenters. The van der Waals surface area contributed by atoms with Gasteiger partial charge in [-0.25, -0.2) is 4.99 Å². The first-order valence-corrected chi connectivity index (χ1v) is 8.97. The van der Waals surface area contributed by atoms with E-state index in [9.17, 15) is 0 Å². The number of aliphatic imine (C=N–C) groups is 1. The molecule has 4 heteroatoms. The molecule has 1 saturated carbocycles. The molecule has 0 saturated heterocycles. The molecule has 1 fully saturated rings. The molecule has 25 heavy (non-hydrogen) atoms. The van der Waals surface area contributed by atoms with E-state index in [2.05, 4.69) is 54.0 Å². The van der Waals surface area contributed by atoms with Crippen molar-refractivity contribution in [1.82, 2.24) is 10.6 Å². The summed E-state index contributed by atoms with van der Waals surface area (Å²) in [6.07, 6.45) is 2.46. The van der Waals surface area contributed by atoms with E-state index >= 15 is 0 Å². The van der Waals surface area contributed by atoms with Crippen LogP contribution in [0.3, 0.4) is 0 Å². The largest absolute Gasteiger partial charge is 0.496 e. The van der Waals surface area contributed by atoms with Crippen molar-refractivity contribution in [2.24, 2.45) is 4.99 Å². The molecule has 0 radical (unpaired) electrons. The van der Waals surface area contributed by atoms with Crippen LogP contribution in [0.25, 0.3) is 0 Å². The first-order chi connectivity index (χ1) is 12.3. The Kier molecular flexibility index (Phi) is 5.59. The summed E-state index contributed by atoms with van der Waals surface area (Å²) in [6, 6.07) is 18.8. The molecular formula is C21H27N3O. The van der Waals surface area contributed by atoms with E-state index in [-0.39, 0.29) is 5.41 Å². The highest BCUT2D eigenvalue weighted by Gasteiger charge is 2.43. The fraction of sp³-hybridized carbons (Fsp3) is 0.381. The Bertz CT molecular complexity index is 708. The third-order valence-electron chi connectivity index (χ3n) is 4.78.